The summed E-state index contributed by atoms with van der Waals surface area (Å²) in [7, 11) is 0. The first kappa shape index (κ1) is 18.8. The molecule has 1 heterocycles. The highest BCUT2D eigenvalue weighted by Crippen LogP contribution is 2.11. The Morgan fingerprint density at radius 2 is 2.08 bits per heavy atom. The third kappa shape index (κ3) is 5.85. The van der Waals surface area contributed by atoms with Gasteiger partial charge in [-0.15, -0.1) is 0 Å². The molecule has 1 fully saturated rings. The number of anilines is 1. The van der Waals surface area contributed by atoms with Crippen LogP contribution < -0.4 is 10.6 Å². The van der Waals surface area contributed by atoms with Gasteiger partial charge in [-0.05, 0) is 45.0 Å². The van der Waals surface area contributed by atoms with Crippen LogP contribution in [0.2, 0.25) is 0 Å². The Morgan fingerprint density at radius 3 is 2.75 bits per heavy atom. The molecule has 0 aliphatic carbocycles. The molecule has 3 atom stereocenters. The fourth-order valence-electron chi connectivity index (χ4n) is 2.98. The number of nitrogens with zero attached hydrogens (tertiary/aromatic N) is 1. The number of amides is 1. The number of rotatable bonds is 7. The molecule has 1 aliphatic heterocycles. The Kier molecular flexibility index (Phi) is 7.15. The van der Waals surface area contributed by atoms with Crippen LogP contribution in [0.3, 0.4) is 0 Å². The molecule has 1 aliphatic rings. The minimum atomic E-state index is -0.311. The molecule has 5 nitrogen and oxygen atoms in total. The third-order valence-corrected chi connectivity index (χ3v) is 4.37. The van der Waals surface area contributed by atoms with E-state index in [0.717, 1.165) is 26.3 Å². The van der Waals surface area contributed by atoms with Gasteiger partial charge in [-0.2, -0.15) is 0 Å². The summed E-state index contributed by atoms with van der Waals surface area (Å²) in [4.78, 5) is 14.5. The molecule has 0 aromatic heterocycles. The van der Waals surface area contributed by atoms with E-state index in [-0.39, 0.29) is 17.8 Å². The van der Waals surface area contributed by atoms with Crippen molar-refractivity contribution in [2.45, 2.75) is 45.3 Å². The van der Waals surface area contributed by atoms with Gasteiger partial charge in [0.15, 0.2) is 0 Å². The van der Waals surface area contributed by atoms with Crippen molar-refractivity contribution in [3.05, 3.63) is 30.1 Å². The zero-order valence-corrected chi connectivity index (χ0v) is 14.7. The standard InChI is InChI=1S/C18H28FN3O2/c1-13(10-18(23)21-17-6-4-16(19)5-7-17)20-11-14(2)22-8-9-24-12-15(22)3/h4-7,13-15,20H,8-12H2,1-3H3,(H,21,23)/t13-,14-,15-/m1/s1. The molecule has 1 aromatic rings. The van der Waals surface area contributed by atoms with Crippen LogP contribution in [-0.4, -0.2) is 55.2 Å². The minimum Gasteiger partial charge on any atom is -0.379 e. The monoisotopic (exact) mass is 337 g/mol. The maximum Gasteiger partial charge on any atom is 0.225 e. The fourth-order valence-corrected chi connectivity index (χ4v) is 2.98. The second-order valence-electron chi connectivity index (χ2n) is 6.58. The number of benzene rings is 1. The van der Waals surface area contributed by atoms with Crippen molar-refractivity contribution in [1.29, 1.82) is 0 Å². The number of halogens is 1. The Bertz CT molecular complexity index is 524. The van der Waals surface area contributed by atoms with Crippen LogP contribution in [0.1, 0.15) is 27.2 Å². The molecular weight excluding hydrogens is 309 g/mol. The second kappa shape index (κ2) is 9.11. The lowest BCUT2D eigenvalue weighted by Crippen LogP contribution is -2.52. The van der Waals surface area contributed by atoms with E-state index in [1.54, 1.807) is 12.1 Å². The van der Waals surface area contributed by atoms with Crippen molar-refractivity contribution in [2.24, 2.45) is 0 Å². The predicted octanol–water partition coefficient (Wildman–Crippen LogP) is 2.24. The van der Waals surface area contributed by atoms with Crippen molar-refractivity contribution >= 4 is 11.6 Å². The number of carbonyl (C=O) groups is 1. The Labute approximate surface area is 143 Å². The van der Waals surface area contributed by atoms with Crippen LogP contribution in [0.5, 0.6) is 0 Å². The normalized spacial score (nSPS) is 21.2. The zero-order chi connectivity index (χ0) is 17.5. The molecule has 1 saturated heterocycles. The SMILES string of the molecule is C[C@H](CC(=O)Nc1ccc(F)cc1)NC[C@@H](C)N1CCOC[C@H]1C. The number of hydrogen-bond donors (Lipinski definition) is 2. The average Bonchev–Trinajstić information content (AvgIpc) is 2.55. The third-order valence-electron chi connectivity index (χ3n) is 4.37. The summed E-state index contributed by atoms with van der Waals surface area (Å²) in [6.45, 7) is 9.71. The number of carbonyl (C=O) groups excluding carboxylic acids is 1. The number of morpholine rings is 1. The molecular formula is C18H28FN3O2. The van der Waals surface area contributed by atoms with Crippen molar-refractivity contribution in [3.8, 4) is 0 Å². The highest BCUT2D eigenvalue weighted by Gasteiger charge is 2.23. The smallest absolute Gasteiger partial charge is 0.225 e. The first-order valence-electron chi connectivity index (χ1n) is 8.58. The Morgan fingerprint density at radius 1 is 1.38 bits per heavy atom. The number of hydrogen-bond acceptors (Lipinski definition) is 4. The highest BCUT2D eigenvalue weighted by molar-refractivity contribution is 5.91. The summed E-state index contributed by atoms with van der Waals surface area (Å²) < 4.78 is 18.3. The lowest BCUT2D eigenvalue weighted by Gasteiger charge is -2.38. The largest absolute Gasteiger partial charge is 0.379 e. The van der Waals surface area contributed by atoms with E-state index in [4.69, 9.17) is 4.74 Å². The number of ether oxygens (including phenoxy) is 1. The van der Waals surface area contributed by atoms with Gasteiger partial charge in [0.2, 0.25) is 5.91 Å². The van der Waals surface area contributed by atoms with Crippen molar-refractivity contribution in [3.63, 3.8) is 0 Å². The molecule has 134 valence electrons. The van der Waals surface area contributed by atoms with Gasteiger partial charge in [0.1, 0.15) is 5.82 Å². The maximum atomic E-state index is 12.9. The first-order chi connectivity index (χ1) is 11.5. The second-order valence-corrected chi connectivity index (χ2v) is 6.58. The first-order valence-corrected chi connectivity index (χ1v) is 8.58. The topological polar surface area (TPSA) is 53.6 Å². The molecule has 0 spiro atoms. The maximum absolute atomic E-state index is 12.9. The molecule has 1 amide bonds. The number of nitrogens with one attached hydrogen (secondary N) is 2. The van der Waals surface area contributed by atoms with E-state index >= 15 is 0 Å². The van der Waals surface area contributed by atoms with Crippen molar-refractivity contribution in [1.82, 2.24) is 10.2 Å². The average molecular weight is 337 g/mol. The van der Waals surface area contributed by atoms with Crippen LogP contribution >= 0.6 is 0 Å². The molecule has 1 aromatic carbocycles. The molecule has 2 rings (SSSR count). The lowest BCUT2D eigenvalue weighted by atomic mass is 10.1. The molecule has 0 bridgehead atoms. The van der Waals surface area contributed by atoms with Crippen molar-refractivity contribution < 1.29 is 13.9 Å². The van der Waals surface area contributed by atoms with Crippen LogP contribution in [0.4, 0.5) is 10.1 Å². The summed E-state index contributed by atoms with van der Waals surface area (Å²) in [6.07, 6.45) is 0.378. The fraction of sp³-hybridized carbons (Fsp3) is 0.611. The Hall–Kier alpha value is -1.50. The summed E-state index contributed by atoms with van der Waals surface area (Å²) in [6, 6.07) is 6.69. The molecule has 6 heteroatoms. The van der Waals surface area contributed by atoms with Gasteiger partial charge in [-0.1, -0.05) is 0 Å². The minimum absolute atomic E-state index is 0.0734. The predicted molar refractivity (Wildman–Crippen MR) is 93.6 cm³/mol. The molecule has 24 heavy (non-hydrogen) atoms. The van der Waals surface area contributed by atoms with Crippen LogP contribution in [0.15, 0.2) is 24.3 Å². The Balaban J connectivity index is 1.71. The molecule has 0 saturated carbocycles. The van der Waals surface area contributed by atoms with Crippen molar-refractivity contribution in [2.75, 3.05) is 31.6 Å². The van der Waals surface area contributed by atoms with E-state index in [1.807, 2.05) is 6.92 Å². The van der Waals surface area contributed by atoms with E-state index < -0.39 is 0 Å². The quantitative estimate of drug-likeness (QED) is 0.801. The summed E-state index contributed by atoms with van der Waals surface area (Å²) in [5.41, 5.74) is 0.615. The zero-order valence-electron chi connectivity index (χ0n) is 14.7. The summed E-state index contributed by atoms with van der Waals surface area (Å²) >= 11 is 0. The molecule has 0 unspecified atom stereocenters. The van der Waals surface area contributed by atoms with Gasteiger partial charge in [-0.25, -0.2) is 4.39 Å². The van der Waals surface area contributed by atoms with Gasteiger partial charge in [0, 0.05) is 43.3 Å². The van der Waals surface area contributed by atoms with E-state index in [9.17, 15) is 9.18 Å². The van der Waals surface area contributed by atoms with Gasteiger partial charge >= 0.3 is 0 Å². The van der Waals surface area contributed by atoms with E-state index in [0.29, 0.717) is 24.2 Å². The van der Waals surface area contributed by atoms with Gasteiger partial charge in [0.05, 0.1) is 13.2 Å². The summed E-state index contributed by atoms with van der Waals surface area (Å²) in [5, 5.41) is 6.21. The molecule has 0 radical (unpaired) electrons. The van der Waals surface area contributed by atoms with Crippen LogP contribution in [0, 0.1) is 5.82 Å². The van der Waals surface area contributed by atoms with Gasteiger partial charge in [0.25, 0.3) is 0 Å². The molecule has 2 N–H and O–H groups in total. The van der Waals surface area contributed by atoms with Gasteiger partial charge < -0.3 is 15.4 Å². The highest BCUT2D eigenvalue weighted by atomic mass is 19.1. The lowest BCUT2D eigenvalue weighted by molar-refractivity contribution is -0.116. The van der Waals surface area contributed by atoms with E-state index in [1.165, 1.54) is 12.1 Å². The van der Waals surface area contributed by atoms with Crippen LogP contribution in [0.25, 0.3) is 0 Å². The summed E-state index contributed by atoms with van der Waals surface area (Å²) in [5.74, 6) is -0.386. The van der Waals surface area contributed by atoms with Gasteiger partial charge in [-0.3, -0.25) is 9.69 Å². The van der Waals surface area contributed by atoms with Crippen LogP contribution in [-0.2, 0) is 9.53 Å². The van der Waals surface area contributed by atoms with E-state index in [2.05, 4.69) is 29.4 Å².